The van der Waals surface area contributed by atoms with Crippen LogP contribution in [-0.2, 0) is 0 Å². The lowest BCUT2D eigenvalue weighted by Crippen LogP contribution is -2.48. The maximum atomic E-state index is 14.8. The van der Waals surface area contributed by atoms with Gasteiger partial charge in [0.2, 0.25) is 0 Å². The Kier molecular flexibility index (Phi) is 5.68. The highest BCUT2D eigenvalue weighted by molar-refractivity contribution is 6.32. The van der Waals surface area contributed by atoms with E-state index in [1.165, 1.54) is 0 Å². The summed E-state index contributed by atoms with van der Waals surface area (Å²) in [6.07, 6.45) is 3.87. The molecule has 4 aromatic carbocycles. The fourth-order valence-corrected chi connectivity index (χ4v) is 7.12. The topological polar surface area (TPSA) is 72.9 Å². The average molecular weight is 542 g/mol. The van der Waals surface area contributed by atoms with Crippen LogP contribution in [0.3, 0.4) is 0 Å². The number of nitrogens with zero attached hydrogens (tertiary/aromatic N) is 1. The first kappa shape index (κ1) is 25.0. The van der Waals surface area contributed by atoms with Gasteiger partial charge in [-0.15, -0.1) is 0 Å². The highest BCUT2D eigenvalue weighted by Gasteiger charge is 2.72. The molecule has 3 aliphatic rings. The van der Waals surface area contributed by atoms with Gasteiger partial charge in [0, 0.05) is 33.9 Å². The average Bonchev–Trinajstić information content (AvgIpc) is 3.46. The number of hydrogen-bond acceptors (Lipinski definition) is 6. The Morgan fingerprint density at radius 3 is 2.12 bits per heavy atom. The van der Waals surface area contributed by atoms with E-state index >= 15 is 0 Å². The molecule has 202 valence electrons. The summed E-state index contributed by atoms with van der Waals surface area (Å²) >= 11 is 0. The Labute approximate surface area is 237 Å². The second-order valence-corrected chi connectivity index (χ2v) is 10.6. The van der Waals surface area contributed by atoms with Crippen LogP contribution in [0.2, 0.25) is 0 Å². The van der Waals surface area contributed by atoms with Gasteiger partial charge in [-0.25, -0.2) is 0 Å². The van der Waals surface area contributed by atoms with Gasteiger partial charge in [0.05, 0.1) is 20.3 Å². The summed E-state index contributed by atoms with van der Waals surface area (Å²) in [4.78, 5) is 46.3. The Morgan fingerprint density at radius 1 is 0.780 bits per heavy atom. The smallest absolute Gasteiger partial charge is 0.185 e. The van der Waals surface area contributed by atoms with E-state index in [1.54, 1.807) is 68.8 Å². The molecule has 0 aromatic heterocycles. The van der Waals surface area contributed by atoms with Crippen molar-refractivity contribution in [3.8, 4) is 11.5 Å². The number of ketones is 3. The number of carbonyl (C=O) groups excluding carboxylic acids is 3. The van der Waals surface area contributed by atoms with Crippen molar-refractivity contribution in [3.63, 3.8) is 0 Å². The Balaban J connectivity index is 1.59. The summed E-state index contributed by atoms with van der Waals surface area (Å²) in [5, 5.41) is 0. The van der Waals surface area contributed by atoms with Crippen LogP contribution in [0.15, 0.2) is 103 Å². The van der Waals surface area contributed by atoms with E-state index in [0.717, 1.165) is 11.3 Å². The summed E-state index contributed by atoms with van der Waals surface area (Å²) in [7, 11) is 3.11. The molecule has 4 aromatic rings. The molecule has 2 aliphatic heterocycles. The third kappa shape index (κ3) is 3.34. The number of para-hydroxylation sites is 1. The molecule has 7 rings (SSSR count). The van der Waals surface area contributed by atoms with Crippen LogP contribution in [0.4, 0.5) is 5.69 Å². The molecule has 0 N–H and O–H groups in total. The molecule has 0 saturated carbocycles. The van der Waals surface area contributed by atoms with E-state index in [1.807, 2.05) is 59.5 Å². The summed E-state index contributed by atoms with van der Waals surface area (Å²) in [5.74, 6) is -0.601. The van der Waals surface area contributed by atoms with Gasteiger partial charge in [-0.05, 0) is 29.8 Å². The molecule has 6 heteroatoms. The molecule has 1 aliphatic carbocycles. The first-order valence-electron chi connectivity index (χ1n) is 13.6. The van der Waals surface area contributed by atoms with Crippen molar-refractivity contribution < 1.29 is 23.9 Å². The predicted molar refractivity (Wildman–Crippen MR) is 156 cm³/mol. The van der Waals surface area contributed by atoms with E-state index < -0.39 is 23.4 Å². The molecule has 0 amide bonds. The summed E-state index contributed by atoms with van der Waals surface area (Å²) in [6, 6.07) is 27.5. The zero-order valence-corrected chi connectivity index (χ0v) is 22.6. The maximum Gasteiger partial charge on any atom is 0.185 e. The van der Waals surface area contributed by atoms with Crippen LogP contribution in [0.5, 0.6) is 11.5 Å². The van der Waals surface area contributed by atoms with Crippen molar-refractivity contribution in [2.45, 2.75) is 18.0 Å². The Morgan fingerprint density at radius 2 is 1.44 bits per heavy atom. The molecule has 0 radical (unpaired) electrons. The van der Waals surface area contributed by atoms with Crippen molar-refractivity contribution in [3.05, 3.63) is 131 Å². The van der Waals surface area contributed by atoms with Gasteiger partial charge < -0.3 is 14.4 Å². The largest absolute Gasteiger partial charge is 0.497 e. The Bertz CT molecular complexity index is 1720. The minimum Gasteiger partial charge on any atom is -0.497 e. The maximum absolute atomic E-state index is 14.8. The first-order chi connectivity index (χ1) is 20.0. The molecule has 2 heterocycles. The molecule has 1 saturated heterocycles. The first-order valence-corrected chi connectivity index (χ1v) is 13.6. The summed E-state index contributed by atoms with van der Waals surface area (Å²) < 4.78 is 11.4. The predicted octanol–water partition coefficient (Wildman–Crippen LogP) is 6.02. The minimum absolute atomic E-state index is 0.177. The standard InChI is InChI=1S/C35H27NO5/c1-40-23-17-18-28(41-2)26(20-23)30-31(32(37)22-11-4-3-5-12-22)36-27-15-9-6-10-21(27)16-19-29(36)35(30)33(38)24-13-7-8-14-25(24)34(35)39/h3-20,29-31H,1-2H3/t29-,30-,31+/m0/s1. The van der Waals surface area contributed by atoms with Crippen LogP contribution >= 0.6 is 0 Å². The van der Waals surface area contributed by atoms with Gasteiger partial charge in [0.25, 0.3) is 0 Å². The molecule has 0 unspecified atom stereocenters. The van der Waals surface area contributed by atoms with E-state index in [-0.39, 0.29) is 17.3 Å². The normalized spacial score (nSPS) is 21.4. The van der Waals surface area contributed by atoms with Crippen LogP contribution in [0, 0.1) is 5.41 Å². The number of anilines is 1. The number of carbonyl (C=O) groups is 3. The van der Waals surface area contributed by atoms with Gasteiger partial charge in [0.15, 0.2) is 17.3 Å². The van der Waals surface area contributed by atoms with E-state index in [0.29, 0.717) is 33.8 Å². The van der Waals surface area contributed by atoms with Gasteiger partial charge in [0.1, 0.15) is 23.0 Å². The fraction of sp³-hybridized carbons (Fsp3) is 0.171. The third-order valence-electron chi connectivity index (χ3n) is 8.81. The number of ether oxygens (including phenoxy) is 2. The van der Waals surface area contributed by atoms with E-state index in [9.17, 15) is 14.4 Å². The zero-order chi connectivity index (χ0) is 28.3. The molecule has 41 heavy (non-hydrogen) atoms. The summed E-state index contributed by atoms with van der Waals surface area (Å²) in [5.41, 5.74) is 1.95. The number of fused-ring (bicyclic) bond motifs is 5. The van der Waals surface area contributed by atoms with Crippen molar-refractivity contribution in [1.82, 2.24) is 0 Å². The quantitative estimate of drug-likeness (QED) is 0.227. The number of methoxy groups -OCH3 is 2. The van der Waals surface area contributed by atoms with Crippen LogP contribution in [-0.4, -0.2) is 43.7 Å². The molecular weight excluding hydrogens is 514 g/mol. The second-order valence-electron chi connectivity index (χ2n) is 10.6. The zero-order valence-electron chi connectivity index (χ0n) is 22.6. The van der Waals surface area contributed by atoms with Crippen molar-refractivity contribution in [2.24, 2.45) is 5.41 Å². The molecule has 6 nitrogen and oxygen atoms in total. The van der Waals surface area contributed by atoms with Crippen LogP contribution in [0.25, 0.3) is 6.08 Å². The van der Waals surface area contributed by atoms with Crippen molar-refractivity contribution >= 4 is 29.1 Å². The highest BCUT2D eigenvalue weighted by Crippen LogP contribution is 2.62. The van der Waals surface area contributed by atoms with Gasteiger partial charge in [-0.2, -0.15) is 0 Å². The van der Waals surface area contributed by atoms with Gasteiger partial charge in [-0.3, -0.25) is 14.4 Å². The number of hydrogen-bond donors (Lipinski definition) is 0. The molecular formula is C35H27NO5. The highest BCUT2D eigenvalue weighted by atomic mass is 16.5. The molecule has 1 spiro atoms. The van der Waals surface area contributed by atoms with Gasteiger partial charge >= 0.3 is 0 Å². The number of Topliss-reactive ketones (excluding diaryl/α,β-unsaturated/α-hetero) is 3. The lowest BCUT2D eigenvalue weighted by molar-refractivity contribution is 0.0664. The van der Waals surface area contributed by atoms with E-state index in [2.05, 4.69) is 0 Å². The molecule has 3 atom stereocenters. The van der Waals surface area contributed by atoms with Gasteiger partial charge in [-0.1, -0.05) is 84.9 Å². The SMILES string of the molecule is COc1ccc(OC)c([C@H]2[C@H](C(=O)c3ccccc3)N3c4ccccc4C=C[C@H]3C23C(=O)c2ccccc2C3=O)c1. The lowest BCUT2D eigenvalue weighted by atomic mass is 9.64. The third-order valence-corrected chi connectivity index (χ3v) is 8.81. The fourth-order valence-electron chi connectivity index (χ4n) is 7.12. The second kappa shape index (κ2) is 9.30. The summed E-state index contributed by atoms with van der Waals surface area (Å²) in [6.45, 7) is 0. The van der Waals surface area contributed by atoms with E-state index in [4.69, 9.17) is 9.47 Å². The van der Waals surface area contributed by atoms with Crippen LogP contribution < -0.4 is 14.4 Å². The molecule has 0 bridgehead atoms. The monoisotopic (exact) mass is 541 g/mol. The Hall–Kier alpha value is -4.97. The van der Waals surface area contributed by atoms with Crippen LogP contribution in [0.1, 0.15) is 48.1 Å². The number of benzene rings is 4. The van der Waals surface area contributed by atoms with Crippen molar-refractivity contribution in [1.29, 1.82) is 0 Å². The number of rotatable bonds is 5. The molecule has 1 fully saturated rings. The minimum atomic E-state index is -1.61. The van der Waals surface area contributed by atoms with Crippen molar-refractivity contribution in [2.75, 3.05) is 19.1 Å². The lowest BCUT2D eigenvalue weighted by Gasteiger charge is -2.37.